The molecule has 1 saturated carbocycles. The van der Waals surface area contributed by atoms with E-state index in [1.54, 1.807) is 6.26 Å². The molecule has 0 spiro atoms. The standard InChI is InChI=1S/C17H20N2O2/c20-16(19-14-8-9-14)10-11-18-17(15-7-4-12-21-15)13-5-2-1-3-6-13/h1-7,12,14,17-18H,8-11H2,(H,19,20). The van der Waals surface area contributed by atoms with Crippen LogP contribution in [-0.4, -0.2) is 18.5 Å². The van der Waals surface area contributed by atoms with Crippen molar-refractivity contribution in [1.82, 2.24) is 10.6 Å². The zero-order valence-corrected chi connectivity index (χ0v) is 11.9. The van der Waals surface area contributed by atoms with Crippen LogP contribution in [0.15, 0.2) is 53.1 Å². The lowest BCUT2D eigenvalue weighted by Gasteiger charge is -2.17. The van der Waals surface area contributed by atoms with E-state index >= 15 is 0 Å². The minimum absolute atomic E-state index is 0.0186. The zero-order valence-electron chi connectivity index (χ0n) is 11.9. The highest BCUT2D eigenvalue weighted by atomic mass is 16.3. The lowest BCUT2D eigenvalue weighted by molar-refractivity contribution is -0.121. The quantitative estimate of drug-likeness (QED) is 0.822. The smallest absolute Gasteiger partial charge is 0.221 e. The van der Waals surface area contributed by atoms with Crippen LogP contribution in [0.3, 0.4) is 0 Å². The number of hydrogen-bond donors (Lipinski definition) is 2. The van der Waals surface area contributed by atoms with Gasteiger partial charge in [0.15, 0.2) is 0 Å². The summed E-state index contributed by atoms with van der Waals surface area (Å²) in [6.07, 6.45) is 4.41. The molecule has 1 unspecified atom stereocenters. The van der Waals surface area contributed by atoms with E-state index in [-0.39, 0.29) is 11.9 Å². The van der Waals surface area contributed by atoms with Gasteiger partial charge >= 0.3 is 0 Å². The van der Waals surface area contributed by atoms with Gasteiger partial charge in [0.25, 0.3) is 0 Å². The lowest BCUT2D eigenvalue weighted by Crippen LogP contribution is -2.31. The van der Waals surface area contributed by atoms with Crippen LogP contribution in [0.25, 0.3) is 0 Å². The number of nitrogens with one attached hydrogen (secondary N) is 2. The summed E-state index contributed by atoms with van der Waals surface area (Å²) in [6, 6.07) is 14.4. The minimum atomic E-state index is -0.0186. The molecule has 0 bridgehead atoms. The number of hydrogen-bond acceptors (Lipinski definition) is 3. The van der Waals surface area contributed by atoms with Crippen molar-refractivity contribution in [2.24, 2.45) is 0 Å². The van der Waals surface area contributed by atoms with E-state index in [1.165, 1.54) is 0 Å². The number of carbonyl (C=O) groups excluding carboxylic acids is 1. The van der Waals surface area contributed by atoms with Gasteiger partial charge in [-0.2, -0.15) is 0 Å². The molecule has 1 heterocycles. The molecule has 0 radical (unpaired) electrons. The predicted molar refractivity (Wildman–Crippen MR) is 80.8 cm³/mol. The monoisotopic (exact) mass is 284 g/mol. The van der Waals surface area contributed by atoms with Crippen molar-refractivity contribution in [2.75, 3.05) is 6.54 Å². The van der Waals surface area contributed by atoms with Gasteiger partial charge in [0.05, 0.1) is 12.3 Å². The second kappa shape index (κ2) is 6.59. The molecular weight excluding hydrogens is 264 g/mol. The van der Waals surface area contributed by atoms with Crippen molar-refractivity contribution in [3.8, 4) is 0 Å². The van der Waals surface area contributed by atoms with Gasteiger partial charge in [0, 0.05) is 19.0 Å². The van der Waals surface area contributed by atoms with E-state index in [0.717, 1.165) is 24.2 Å². The van der Waals surface area contributed by atoms with Gasteiger partial charge in [-0.05, 0) is 30.5 Å². The molecule has 4 nitrogen and oxygen atoms in total. The van der Waals surface area contributed by atoms with Gasteiger partial charge in [-0.1, -0.05) is 30.3 Å². The zero-order chi connectivity index (χ0) is 14.5. The van der Waals surface area contributed by atoms with E-state index in [9.17, 15) is 4.79 Å². The molecule has 1 fully saturated rings. The highest BCUT2D eigenvalue weighted by Gasteiger charge is 2.23. The fourth-order valence-electron chi connectivity index (χ4n) is 2.34. The molecule has 0 aliphatic heterocycles. The third-order valence-electron chi connectivity index (χ3n) is 3.60. The number of carbonyl (C=O) groups is 1. The summed E-state index contributed by atoms with van der Waals surface area (Å²) in [5.74, 6) is 0.986. The largest absolute Gasteiger partial charge is 0.467 e. The molecule has 4 heteroatoms. The number of furan rings is 1. The molecule has 21 heavy (non-hydrogen) atoms. The fourth-order valence-corrected chi connectivity index (χ4v) is 2.34. The van der Waals surface area contributed by atoms with Crippen molar-refractivity contribution in [3.63, 3.8) is 0 Å². The summed E-state index contributed by atoms with van der Waals surface area (Å²) < 4.78 is 5.52. The Kier molecular flexibility index (Phi) is 4.36. The van der Waals surface area contributed by atoms with Crippen molar-refractivity contribution in [3.05, 3.63) is 60.1 Å². The third kappa shape index (κ3) is 3.95. The maximum atomic E-state index is 11.7. The Balaban J connectivity index is 1.59. The van der Waals surface area contributed by atoms with Crippen molar-refractivity contribution >= 4 is 5.91 Å². The Bertz CT molecular complexity index is 562. The third-order valence-corrected chi connectivity index (χ3v) is 3.60. The first-order valence-electron chi connectivity index (χ1n) is 7.44. The first kappa shape index (κ1) is 13.9. The van der Waals surface area contributed by atoms with Gasteiger partial charge in [-0.25, -0.2) is 0 Å². The average molecular weight is 284 g/mol. The van der Waals surface area contributed by atoms with E-state index in [2.05, 4.69) is 22.8 Å². The molecule has 1 aliphatic carbocycles. The Morgan fingerprint density at radius 3 is 2.67 bits per heavy atom. The lowest BCUT2D eigenvalue weighted by atomic mass is 10.0. The summed E-state index contributed by atoms with van der Waals surface area (Å²) in [7, 11) is 0. The first-order chi connectivity index (χ1) is 10.3. The van der Waals surface area contributed by atoms with E-state index in [4.69, 9.17) is 4.42 Å². The average Bonchev–Trinajstić information content (AvgIpc) is 3.15. The summed E-state index contributed by atoms with van der Waals surface area (Å²) in [6.45, 7) is 0.624. The van der Waals surface area contributed by atoms with E-state index in [0.29, 0.717) is 19.0 Å². The van der Waals surface area contributed by atoms with Crippen molar-refractivity contribution in [2.45, 2.75) is 31.3 Å². The number of amides is 1. The first-order valence-corrected chi connectivity index (χ1v) is 7.44. The van der Waals surface area contributed by atoms with Crippen LogP contribution in [0.5, 0.6) is 0 Å². The molecule has 1 aromatic heterocycles. The van der Waals surface area contributed by atoms with Crippen molar-refractivity contribution in [1.29, 1.82) is 0 Å². The predicted octanol–water partition coefficient (Wildman–Crippen LogP) is 2.63. The van der Waals surface area contributed by atoms with Crippen LogP contribution in [0.2, 0.25) is 0 Å². The Hall–Kier alpha value is -2.07. The van der Waals surface area contributed by atoms with Gasteiger partial charge in [0.2, 0.25) is 5.91 Å². The summed E-state index contributed by atoms with van der Waals surface area (Å²) in [5.41, 5.74) is 1.13. The summed E-state index contributed by atoms with van der Waals surface area (Å²) >= 11 is 0. The molecule has 1 aromatic carbocycles. The SMILES string of the molecule is O=C(CCNC(c1ccccc1)c1ccco1)NC1CC1. The molecule has 3 rings (SSSR count). The molecule has 2 aromatic rings. The molecule has 1 amide bonds. The van der Waals surface area contributed by atoms with E-state index < -0.39 is 0 Å². The van der Waals surface area contributed by atoms with Gasteiger partial charge in [0.1, 0.15) is 5.76 Å². The Morgan fingerprint density at radius 2 is 2.00 bits per heavy atom. The van der Waals surface area contributed by atoms with Crippen LogP contribution >= 0.6 is 0 Å². The van der Waals surface area contributed by atoms with Gasteiger partial charge < -0.3 is 15.1 Å². The molecule has 110 valence electrons. The highest BCUT2D eigenvalue weighted by Crippen LogP contribution is 2.22. The van der Waals surface area contributed by atoms with E-state index in [1.807, 2.05) is 30.3 Å². The molecular formula is C17H20N2O2. The normalized spacial score (nSPS) is 15.6. The highest BCUT2D eigenvalue weighted by molar-refractivity contribution is 5.76. The fraction of sp³-hybridized carbons (Fsp3) is 0.353. The van der Waals surface area contributed by atoms with Crippen LogP contribution in [0.1, 0.15) is 36.6 Å². The summed E-state index contributed by atoms with van der Waals surface area (Å²) in [4.78, 5) is 11.7. The number of benzene rings is 1. The molecule has 1 atom stereocenters. The minimum Gasteiger partial charge on any atom is -0.467 e. The molecule has 2 N–H and O–H groups in total. The molecule has 0 saturated heterocycles. The Morgan fingerprint density at radius 1 is 1.19 bits per heavy atom. The maximum absolute atomic E-state index is 11.7. The summed E-state index contributed by atoms with van der Waals surface area (Å²) in [5, 5.41) is 6.41. The second-order valence-corrected chi connectivity index (χ2v) is 5.41. The topological polar surface area (TPSA) is 54.3 Å². The van der Waals surface area contributed by atoms with Crippen LogP contribution in [-0.2, 0) is 4.79 Å². The van der Waals surface area contributed by atoms with Crippen molar-refractivity contribution < 1.29 is 9.21 Å². The van der Waals surface area contributed by atoms with Crippen LogP contribution in [0.4, 0.5) is 0 Å². The molecule has 1 aliphatic rings. The van der Waals surface area contributed by atoms with Crippen LogP contribution < -0.4 is 10.6 Å². The number of rotatable bonds is 7. The maximum Gasteiger partial charge on any atom is 0.221 e. The van der Waals surface area contributed by atoms with Gasteiger partial charge in [-0.3, -0.25) is 4.79 Å². The Labute approximate surface area is 124 Å². The van der Waals surface area contributed by atoms with Gasteiger partial charge in [-0.15, -0.1) is 0 Å². The van der Waals surface area contributed by atoms with Crippen LogP contribution in [0, 0.1) is 0 Å². The second-order valence-electron chi connectivity index (χ2n) is 5.41.